The number of anilines is 2. The van der Waals surface area contributed by atoms with Gasteiger partial charge in [-0.25, -0.2) is 4.98 Å². The van der Waals surface area contributed by atoms with Crippen LogP contribution in [0.15, 0.2) is 23.6 Å². The molecule has 1 aromatic heterocycles. The number of nitrogens with zero attached hydrogens (tertiary/aromatic N) is 1. The largest absolute Gasteiger partial charge is 0.399 e. The molecule has 1 amide bonds. The predicted molar refractivity (Wildman–Crippen MR) is 78.2 cm³/mol. The number of carbonyl (C=O) groups excluding carboxylic acids is 1. The van der Waals surface area contributed by atoms with Crippen LogP contribution in [0.5, 0.6) is 0 Å². The minimum absolute atomic E-state index is 0.189. The molecule has 0 unspecified atom stereocenters. The SMILES string of the molecule is Cc1csc(CCNC(=O)c2ccc(N)cc2N)n1. The maximum absolute atomic E-state index is 11.9. The summed E-state index contributed by atoms with van der Waals surface area (Å²) in [4.78, 5) is 16.3. The van der Waals surface area contributed by atoms with Crippen molar-refractivity contribution >= 4 is 28.6 Å². The molecule has 5 N–H and O–H groups in total. The average Bonchev–Trinajstić information content (AvgIpc) is 2.75. The van der Waals surface area contributed by atoms with Crippen LogP contribution >= 0.6 is 11.3 Å². The number of hydrogen-bond acceptors (Lipinski definition) is 5. The Bertz CT molecular complexity index is 594. The molecule has 2 rings (SSSR count). The van der Waals surface area contributed by atoms with E-state index in [-0.39, 0.29) is 5.91 Å². The van der Waals surface area contributed by atoms with Crippen molar-refractivity contribution in [1.29, 1.82) is 0 Å². The van der Waals surface area contributed by atoms with Gasteiger partial charge in [0.15, 0.2) is 0 Å². The van der Waals surface area contributed by atoms with Gasteiger partial charge in [-0.05, 0) is 25.1 Å². The summed E-state index contributed by atoms with van der Waals surface area (Å²) in [6.45, 7) is 2.49. The van der Waals surface area contributed by atoms with Crippen LogP contribution in [0.3, 0.4) is 0 Å². The second-order valence-corrected chi connectivity index (χ2v) is 5.18. The van der Waals surface area contributed by atoms with E-state index in [0.717, 1.165) is 17.1 Å². The number of nitrogens with one attached hydrogen (secondary N) is 1. The van der Waals surface area contributed by atoms with Crippen molar-refractivity contribution in [3.05, 3.63) is 39.8 Å². The molecule has 1 aromatic carbocycles. The van der Waals surface area contributed by atoms with Crippen LogP contribution < -0.4 is 16.8 Å². The number of carbonyl (C=O) groups is 1. The van der Waals surface area contributed by atoms with Gasteiger partial charge < -0.3 is 16.8 Å². The zero-order valence-corrected chi connectivity index (χ0v) is 11.5. The third kappa shape index (κ3) is 3.45. The molecule has 5 nitrogen and oxygen atoms in total. The fourth-order valence-electron chi connectivity index (χ4n) is 1.68. The summed E-state index contributed by atoms with van der Waals surface area (Å²) in [6, 6.07) is 4.88. The van der Waals surface area contributed by atoms with E-state index < -0.39 is 0 Å². The van der Waals surface area contributed by atoms with Crippen LogP contribution in [0.25, 0.3) is 0 Å². The first-order chi connectivity index (χ1) is 9.06. The lowest BCUT2D eigenvalue weighted by atomic mass is 10.1. The van der Waals surface area contributed by atoms with Crippen LogP contribution in [0.2, 0.25) is 0 Å². The monoisotopic (exact) mass is 276 g/mol. The Balaban J connectivity index is 1.90. The van der Waals surface area contributed by atoms with Crippen molar-refractivity contribution in [1.82, 2.24) is 10.3 Å². The van der Waals surface area contributed by atoms with Gasteiger partial charge in [0.1, 0.15) is 0 Å². The quantitative estimate of drug-likeness (QED) is 0.739. The Morgan fingerprint density at radius 3 is 2.84 bits per heavy atom. The topological polar surface area (TPSA) is 94.0 Å². The van der Waals surface area contributed by atoms with Crippen LogP contribution in [0.4, 0.5) is 11.4 Å². The fourth-order valence-corrected chi connectivity index (χ4v) is 2.46. The average molecular weight is 276 g/mol. The number of hydrogen-bond donors (Lipinski definition) is 3. The summed E-state index contributed by atoms with van der Waals surface area (Å²) >= 11 is 1.60. The van der Waals surface area contributed by atoms with Crippen molar-refractivity contribution in [2.24, 2.45) is 0 Å². The van der Waals surface area contributed by atoms with Gasteiger partial charge in [-0.1, -0.05) is 0 Å². The lowest BCUT2D eigenvalue weighted by Crippen LogP contribution is -2.26. The van der Waals surface area contributed by atoms with Crippen molar-refractivity contribution in [3.63, 3.8) is 0 Å². The molecular formula is C13H16N4OS. The minimum Gasteiger partial charge on any atom is -0.399 e. The molecule has 0 aliphatic heterocycles. The Morgan fingerprint density at radius 1 is 1.42 bits per heavy atom. The van der Waals surface area contributed by atoms with E-state index in [2.05, 4.69) is 10.3 Å². The number of amides is 1. The molecule has 0 atom stereocenters. The number of nitrogens with two attached hydrogens (primary N) is 2. The molecule has 0 fully saturated rings. The summed E-state index contributed by atoms with van der Waals surface area (Å²) in [6.07, 6.45) is 0.721. The zero-order valence-electron chi connectivity index (χ0n) is 10.6. The predicted octanol–water partition coefficient (Wildman–Crippen LogP) is 1.59. The van der Waals surface area contributed by atoms with E-state index in [4.69, 9.17) is 11.5 Å². The highest BCUT2D eigenvalue weighted by Crippen LogP contribution is 2.15. The van der Waals surface area contributed by atoms with Crippen molar-refractivity contribution in [2.75, 3.05) is 18.0 Å². The van der Waals surface area contributed by atoms with E-state index in [1.807, 2.05) is 12.3 Å². The van der Waals surface area contributed by atoms with Gasteiger partial charge >= 0.3 is 0 Å². The third-order valence-corrected chi connectivity index (χ3v) is 3.64. The Kier molecular flexibility index (Phi) is 4.01. The van der Waals surface area contributed by atoms with Gasteiger partial charge in [-0.2, -0.15) is 0 Å². The van der Waals surface area contributed by atoms with Gasteiger partial charge in [-0.15, -0.1) is 11.3 Å². The van der Waals surface area contributed by atoms with Gasteiger partial charge in [0.25, 0.3) is 5.91 Å². The van der Waals surface area contributed by atoms with Gasteiger partial charge in [-0.3, -0.25) is 4.79 Å². The lowest BCUT2D eigenvalue weighted by Gasteiger charge is -2.07. The summed E-state index contributed by atoms with van der Waals surface area (Å²) < 4.78 is 0. The number of aryl methyl sites for hydroxylation is 1. The molecule has 0 aliphatic rings. The highest BCUT2D eigenvalue weighted by atomic mass is 32.1. The molecule has 2 aromatic rings. The van der Waals surface area contributed by atoms with E-state index in [1.54, 1.807) is 29.5 Å². The normalized spacial score (nSPS) is 10.4. The molecule has 0 aliphatic carbocycles. The fraction of sp³-hybridized carbons (Fsp3) is 0.231. The second kappa shape index (κ2) is 5.71. The van der Waals surface area contributed by atoms with Crippen molar-refractivity contribution in [2.45, 2.75) is 13.3 Å². The molecule has 0 radical (unpaired) electrons. The molecule has 0 saturated heterocycles. The maximum Gasteiger partial charge on any atom is 0.253 e. The number of rotatable bonds is 4. The molecule has 0 spiro atoms. The maximum atomic E-state index is 11.9. The van der Waals surface area contributed by atoms with E-state index in [9.17, 15) is 4.79 Å². The van der Waals surface area contributed by atoms with Crippen LogP contribution in [0, 0.1) is 6.92 Å². The summed E-state index contributed by atoms with van der Waals surface area (Å²) in [7, 11) is 0. The first kappa shape index (κ1) is 13.4. The first-order valence-corrected chi connectivity index (χ1v) is 6.78. The molecule has 1 heterocycles. The Hall–Kier alpha value is -2.08. The molecular weight excluding hydrogens is 260 g/mol. The zero-order chi connectivity index (χ0) is 13.8. The summed E-state index contributed by atoms with van der Waals surface area (Å²) in [5.74, 6) is -0.189. The lowest BCUT2D eigenvalue weighted by molar-refractivity contribution is 0.0955. The second-order valence-electron chi connectivity index (χ2n) is 4.24. The number of aromatic nitrogens is 1. The standard InChI is InChI=1S/C13H16N4OS/c1-8-7-19-12(17-8)4-5-16-13(18)10-3-2-9(14)6-11(10)15/h2-3,6-7H,4-5,14-15H2,1H3,(H,16,18). The molecule has 0 saturated carbocycles. The number of nitrogen functional groups attached to an aromatic ring is 2. The third-order valence-electron chi connectivity index (χ3n) is 2.61. The van der Waals surface area contributed by atoms with Crippen molar-refractivity contribution < 1.29 is 4.79 Å². The molecule has 6 heteroatoms. The van der Waals surface area contributed by atoms with Crippen molar-refractivity contribution in [3.8, 4) is 0 Å². The molecule has 19 heavy (non-hydrogen) atoms. The smallest absolute Gasteiger partial charge is 0.253 e. The number of benzene rings is 1. The van der Waals surface area contributed by atoms with Crippen LogP contribution in [-0.4, -0.2) is 17.4 Å². The highest BCUT2D eigenvalue weighted by molar-refractivity contribution is 7.09. The van der Waals surface area contributed by atoms with Gasteiger partial charge in [0.05, 0.1) is 10.6 Å². The van der Waals surface area contributed by atoms with E-state index >= 15 is 0 Å². The van der Waals surface area contributed by atoms with Gasteiger partial charge in [0, 0.05) is 35.4 Å². The van der Waals surface area contributed by atoms with Crippen LogP contribution in [0.1, 0.15) is 21.1 Å². The minimum atomic E-state index is -0.189. The summed E-state index contributed by atoms with van der Waals surface area (Å²) in [5.41, 5.74) is 13.7. The number of thiazole rings is 1. The van der Waals surface area contributed by atoms with Crippen LogP contribution in [-0.2, 0) is 6.42 Å². The van der Waals surface area contributed by atoms with E-state index in [0.29, 0.717) is 23.5 Å². The van der Waals surface area contributed by atoms with E-state index in [1.165, 1.54) is 0 Å². The Labute approximate surface area is 115 Å². The molecule has 100 valence electrons. The highest BCUT2D eigenvalue weighted by Gasteiger charge is 2.09. The summed E-state index contributed by atoms with van der Waals surface area (Å²) in [5, 5.41) is 5.84. The first-order valence-electron chi connectivity index (χ1n) is 5.90. The van der Waals surface area contributed by atoms with Gasteiger partial charge in [0.2, 0.25) is 0 Å². The molecule has 0 bridgehead atoms. The Morgan fingerprint density at radius 2 is 2.21 bits per heavy atom.